The summed E-state index contributed by atoms with van der Waals surface area (Å²) >= 11 is 0. The van der Waals surface area contributed by atoms with E-state index in [1.165, 1.54) is 71.1 Å². The molecule has 2 N–H and O–H groups in total. The summed E-state index contributed by atoms with van der Waals surface area (Å²) in [5, 5.41) is 0. The molecule has 18 heavy (non-hydrogen) atoms. The van der Waals surface area contributed by atoms with Gasteiger partial charge in [-0.1, -0.05) is 26.2 Å². The second-order valence-corrected chi connectivity index (χ2v) is 6.00. The van der Waals surface area contributed by atoms with Gasteiger partial charge in [-0.25, -0.2) is 0 Å². The van der Waals surface area contributed by atoms with Gasteiger partial charge in [-0.15, -0.1) is 0 Å². The lowest BCUT2D eigenvalue weighted by molar-refractivity contribution is 0.0537. The molecule has 2 rings (SSSR count). The lowest BCUT2D eigenvalue weighted by Gasteiger charge is -2.43. The van der Waals surface area contributed by atoms with E-state index in [1.54, 1.807) is 0 Å². The average molecular weight is 253 g/mol. The molecule has 2 fully saturated rings. The van der Waals surface area contributed by atoms with Crippen LogP contribution in [0.15, 0.2) is 0 Å². The Balaban J connectivity index is 1.76. The fourth-order valence-corrected chi connectivity index (χ4v) is 3.75. The molecular weight excluding hydrogens is 222 g/mol. The minimum absolute atomic E-state index is 0.725. The van der Waals surface area contributed by atoms with E-state index in [2.05, 4.69) is 16.7 Å². The molecule has 2 aliphatic rings. The first kappa shape index (κ1) is 14.3. The molecule has 0 radical (unpaired) electrons. The first-order chi connectivity index (χ1) is 8.85. The molecular formula is C15H31N3. The molecule has 1 heterocycles. The highest BCUT2D eigenvalue weighted by Crippen LogP contribution is 2.24. The van der Waals surface area contributed by atoms with Crippen LogP contribution in [0.5, 0.6) is 0 Å². The van der Waals surface area contributed by atoms with E-state index < -0.39 is 0 Å². The fourth-order valence-electron chi connectivity index (χ4n) is 3.75. The molecule has 1 unspecified atom stereocenters. The topological polar surface area (TPSA) is 32.5 Å². The lowest BCUT2D eigenvalue weighted by atomic mass is 9.93. The predicted octanol–water partition coefficient (Wildman–Crippen LogP) is 2.06. The van der Waals surface area contributed by atoms with E-state index in [-0.39, 0.29) is 0 Å². The molecule has 0 amide bonds. The third kappa shape index (κ3) is 3.69. The monoisotopic (exact) mass is 253 g/mol. The van der Waals surface area contributed by atoms with Crippen LogP contribution in [0.25, 0.3) is 0 Å². The van der Waals surface area contributed by atoms with Crippen molar-refractivity contribution in [3.8, 4) is 0 Å². The Morgan fingerprint density at radius 1 is 1.06 bits per heavy atom. The second kappa shape index (κ2) is 7.46. The van der Waals surface area contributed by atoms with Crippen molar-refractivity contribution in [1.82, 2.24) is 9.80 Å². The molecule has 0 aromatic carbocycles. The molecule has 1 atom stereocenters. The summed E-state index contributed by atoms with van der Waals surface area (Å²) in [6.07, 6.45) is 9.68. The Bertz CT molecular complexity index is 205. The Kier molecular flexibility index (Phi) is 5.93. The van der Waals surface area contributed by atoms with Crippen LogP contribution in [-0.4, -0.2) is 54.6 Å². The van der Waals surface area contributed by atoms with Crippen LogP contribution < -0.4 is 5.73 Å². The summed E-state index contributed by atoms with van der Waals surface area (Å²) < 4.78 is 0. The third-order valence-electron chi connectivity index (χ3n) is 4.93. The van der Waals surface area contributed by atoms with Gasteiger partial charge in [-0.2, -0.15) is 0 Å². The first-order valence-corrected chi connectivity index (χ1v) is 8.03. The van der Waals surface area contributed by atoms with Crippen molar-refractivity contribution in [3.63, 3.8) is 0 Å². The summed E-state index contributed by atoms with van der Waals surface area (Å²) in [5.41, 5.74) is 5.72. The summed E-state index contributed by atoms with van der Waals surface area (Å²) in [6.45, 7) is 8.22. The Morgan fingerprint density at radius 2 is 1.72 bits per heavy atom. The van der Waals surface area contributed by atoms with Gasteiger partial charge in [0, 0.05) is 38.3 Å². The molecule has 0 aromatic rings. The maximum Gasteiger partial charge on any atom is 0.0113 e. The van der Waals surface area contributed by atoms with Crippen molar-refractivity contribution in [2.75, 3.05) is 32.7 Å². The van der Waals surface area contributed by atoms with Crippen molar-refractivity contribution in [1.29, 1.82) is 0 Å². The average Bonchev–Trinajstić information content (AvgIpc) is 2.46. The van der Waals surface area contributed by atoms with Crippen molar-refractivity contribution < 1.29 is 0 Å². The molecule has 3 heteroatoms. The molecule has 3 nitrogen and oxygen atoms in total. The van der Waals surface area contributed by atoms with E-state index in [1.807, 2.05) is 0 Å². The number of hydrogen-bond acceptors (Lipinski definition) is 3. The van der Waals surface area contributed by atoms with Crippen LogP contribution in [-0.2, 0) is 0 Å². The number of nitrogens with two attached hydrogens (primary N) is 1. The predicted molar refractivity (Wildman–Crippen MR) is 77.8 cm³/mol. The highest BCUT2D eigenvalue weighted by molar-refractivity contribution is 4.83. The smallest absolute Gasteiger partial charge is 0.0113 e. The van der Waals surface area contributed by atoms with Crippen molar-refractivity contribution in [2.45, 2.75) is 64.0 Å². The van der Waals surface area contributed by atoms with Gasteiger partial charge in [-0.3, -0.25) is 9.80 Å². The number of rotatable bonds is 5. The SMILES string of the molecule is CCC(CCN)N1CCN(C2CCCCC2)CC1. The molecule has 106 valence electrons. The van der Waals surface area contributed by atoms with Crippen LogP contribution in [0.3, 0.4) is 0 Å². The van der Waals surface area contributed by atoms with Gasteiger partial charge in [0.2, 0.25) is 0 Å². The fraction of sp³-hybridized carbons (Fsp3) is 1.00. The van der Waals surface area contributed by atoms with E-state index in [9.17, 15) is 0 Å². The van der Waals surface area contributed by atoms with Gasteiger partial charge >= 0.3 is 0 Å². The highest BCUT2D eigenvalue weighted by atomic mass is 15.3. The molecule has 0 aromatic heterocycles. The lowest BCUT2D eigenvalue weighted by Crippen LogP contribution is -2.53. The minimum atomic E-state index is 0.725. The van der Waals surface area contributed by atoms with E-state index >= 15 is 0 Å². The first-order valence-electron chi connectivity index (χ1n) is 8.03. The van der Waals surface area contributed by atoms with Crippen LogP contribution in [0, 0.1) is 0 Å². The Labute approximate surface area is 113 Å². The maximum atomic E-state index is 5.72. The quantitative estimate of drug-likeness (QED) is 0.814. The second-order valence-electron chi connectivity index (χ2n) is 6.00. The molecule has 1 saturated heterocycles. The molecule has 0 bridgehead atoms. The standard InChI is InChI=1S/C15H31N3/c1-2-14(8-9-16)17-10-12-18(13-11-17)15-6-4-3-5-7-15/h14-15H,2-13,16H2,1H3. The zero-order chi connectivity index (χ0) is 12.8. The van der Waals surface area contributed by atoms with E-state index in [0.29, 0.717) is 0 Å². The molecule has 1 aliphatic carbocycles. The van der Waals surface area contributed by atoms with Crippen LogP contribution >= 0.6 is 0 Å². The minimum Gasteiger partial charge on any atom is -0.330 e. The third-order valence-corrected chi connectivity index (χ3v) is 4.93. The summed E-state index contributed by atoms with van der Waals surface area (Å²) in [5.74, 6) is 0. The van der Waals surface area contributed by atoms with Crippen molar-refractivity contribution in [2.24, 2.45) is 5.73 Å². The van der Waals surface area contributed by atoms with Crippen molar-refractivity contribution >= 4 is 0 Å². The van der Waals surface area contributed by atoms with Crippen LogP contribution in [0.2, 0.25) is 0 Å². The number of piperazine rings is 1. The molecule has 1 aliphatic heterocycles. The Morgan fingerprint density at radius 3 is 2.28 bits per heavy atom. The van der Waals surface area contributed by atoms with Gasteiger partial charge in [0.25, 0.3) is 0 Å². The number of nitrogens with zero attached hydrogens (tertiary/aromatic N) is 2. The Hall–Kier alpha value is -0.120. The highest BCUT2D eigenvalue weighted by Gasteiger charge is 2.27. The van der Waals surface area contributed by atoms with Crippen molar-refractivity contribution in [3.05, 3.63) is 0 Å². The zero-order valence-electron chi connectivity index (χ0n) is 12.1. The zero-order valence-corrected chi connectivity index (χ0v) is 12.1. The van der Waals surface area contributed by atoms with Crippen LogP contribution in [0.1, 0.15) is 51.9 Å². The van der Waals surface area contributed by atoms with Gasteiger partial charge in [0.15, 0.2) is 0 Å². The summed E-state index contributed by atoms with van der Waals surface area (Å²) in [7, 11) is 0. The van der Waals surface area contributed by atoms with Gasteiger partial charge in [0.1, 0.15) is 0 Å². The molecule has 0 spiro atoms. The van der Waals surface area contributed by atoms with Gasteiger partial charge in [0.05, 0.1) is 0 Å². The van der Waals surface area contributed by atoms with Crippen LogP contribution in [0.4, 0.5) is 0 Å². The maximum absolute atomic E-state index is 5.72. The number of hydrogen-bond donors (Lipinski definition) is 1. The van der Waals surface area contributed by atoms with Gasteiger partial charge in [-0.05, 0) is 32.2 Å². The normalized spacial score (nSPS) is 26.3. The summed E-state index contributed by atoms with van der Waals surface area (Å²) in [6, 6.07) is 1.62. The van der Waals surface area contributed by atoms with E-state index in [0.717, 1.165) is 18.6 Å². The largest absolute Gasteiger partial charge is 0.330 e. The van der Waals surface area contributed by atoms with Gasteiger partial charge < -0.3 is 5.73 Å². The molecule has 1 saturated carbocycles. The summed E-state index contributed by atoms with van der Waals surface area (Å²) in [4.78, 5) is 5.43. The van der Waals surface area contributed by atoms with E-state index in [4.69, 9.17) is 5.73 Å².